The second-order valence-electron chi connectivity index (χ2n) is 11.6. The van der Waals surface area contributed by atoms with Crippen LogP contribution in [0.15, 0.2) is 72.8 Å². The van der Waals surface area contributed by atoms with Crippen molar-refractivity contribution in [3.8, 4) is 0 Å². The van der Waals surface area contributed by atoms with E-state index >= 15 is 0 Å². The van der Waals surface area contributed by atoms with Gasteiger partial charge < -0.3 is 25.7 Å². The van der Waals surface area contributed by atoms with Gasteiger partial charge in [-0.05, 0) is 54.0 Å². The van der Waals surface area contributed by atoms with Gasteiger partial charge in [-0.15, -0.1) is 11.8 Å². The van der Waals surface area contributed by atoms with E-state index in [1.807, 2.05) is 72.8 Å². The van der Waals surface area contributed by atoms with Crippen LogP contribution in [0.5, 0.6) is 0 Å². The zero-order valence-corrected chi connectivity index (χ0v) is 28.4. The number of nitrogens with two attached hydrogens (primary N) is 1. The van der Waals surface area contributed by atoms with Gasteiger partial charge in [0.2, 0.25) is 27.7 Å². The summed E-state index contributed by atoms with van der Waals surface area (Å²) in [4.78, 5) is 59.9. The van der Waals surface area contributed by atoms with Crippen molar-refractivity contribution in [3.05, 3.63) is 83.9 Å². The predicted octanol–water partition coefficient (Wildman–Crippen LogP) is 2.52. The second kappa shape index (κ2) is 16.7. The first-order chi connectivity index (χ1) is 22.3. The van der Waals surface area contributed by atoms with Crippen LogP contribution in [0.25, 0.3) is 10.8 Å². The Bertz CT molecular complexity index is 1700. The van der Waals surface area contributed by atoms with Gasteiger partial charge in [-0.2, -0.15) is 0 Å². The van der Waals surface area contributed by atoms with Gasteiger partial charge in [0.1, 0.15) is 18.1 Å². The smallest absolute Gasteiger partial charge is 0.335 e. The summed E-state index contributed by atoms with van der Waals surface area (Å²) < 4.78 is 40.1. The van der Waals surface area contributed by atoms with Crippen LogP contribution in [0.4, 0.5) is 0 Å². The number of primary amides is 1. The first-order valence-corrected chi connectivity index (χ1v) is 20.0. The number of benzene rings is 3. The third-order valence-electron chi connectivity index (χ3n) is 7.89. The van der Waals surface area contributed by atoms with Crippen LogP contribution in [0, 0.1) is 0 Å². The van der Waals surface area contributed by atoms with Crippen molar-refractivity contribution >= 4 is 57.9 Å². The number of thioether (sulfide) groups is 1. The highest BCUT2D eigenvalue weighted by molar-refractivity contribution is 8.04. The number of amides is 3. The van der Waals surface area contributed by atoms with E-state index in [1.165, 1.54) is 4.90 Å². The Balaban J connectivity index is 1.47. The quantitative estimate of drug-likeness (QED) is 0.139. The molecule has 0 radical (unpaired) electrons. The molecule has 254 valence electrons. The summed E-state index contributed by atoms with van der Waals surface area (Å²) in [5, 5.41) is 4.69. The van der Waals surface area contributed by atoms with Crippen molar-refractivity contribution in [1.29, 1.82) is 0 Å². The van der Waals surface area contributed by atoms with Crippen molar-refractivity contribution in [2.75, 3.05) is 23.5 Å². The number of hydrogen-bond donors (Lipinski definition) is 5. The van der Waals surface area contributed by atoms with Crippen LogP contribution >= 0.6 is 19.4 Å². The van der Waals surface area contributed by atoms with E-state index in [0.717, 1.165) is 33.7 Å². The Morgan fingerprint density at radius 1 is 0.957 bits per heavy atom. The number of likely N-dealkylation sites (tertiary alicyclic amines) is 1. The molecule has 3 aromatic rings. The van der Waals surface area contributed by atoms with Crippen LogP contribution in [0.1, 0.15) is 36.8 Å². The van der Waals surface area contributed by atoms with Gasteiger partial charge in [0, 0.05) is 18.7 Å². The van der Waals surface area contributed by atoms with Crippen molar-refractivity contribution in [2.24, 2.45) is 5.73 Å². The molecule has 1 aliphatic heterocycles. The molecule has 6 N–H and O–H groups in total. The lowest BCUT2D eigenvalue weighted by atomic mass is 9.98. The number of aryl methyl sites for hydroxylation is 1. The molecular weight excluding hydrogens is 663 g/mol. The Morgan fingerprint density at radius 2 is 1.66 bits per heavy atom. The van der Waals surface area contributed by atoms with Crippen LogP contribution in [0.3, 0.4) is 0 Å². The lowest BCUT2D eigenvalue weighted by Crippen LogP contribution is -2.60. The largest absolute Gasteiger partial charge is 0.368 e. The molecule has 3 atom stereocenters. The summed E-state index contributed by atoms with van der Waals surface area (Å²) >= 11 is 0.749. The molecule has 3 aromatic carbocycles. The minimum atomic E-state index is -4.43. The van der Waals surface area contributed by atoms with E-state index in [1.54, 1.807) is 0 Å². The molecular formula is C32H41N4O8PS2. The van der Waals surface area contributed by atoms with E-state index in [-0.39, 0.29) is 37.3 Å². The zero-order chi connectivity index (χ0) is 34.0. The average Bonchev–Trinajstić information content (AvgIpc) is 3.03. The number of hydrogen-bond acceptors (Lipinski definition) is 7. The van der Waals surface area contributed by atoms with Crippen molar-refractivity contribution in [3.63, 3.8) is 0 Å². The summed E-state index contributed by atoms with van der Waals surface area (Å²) in [7, 11) is -8.42. The van der Waals surface area contributed by atoms with Gasteiger partial charge >= 0.3 is 7.60 Å². The maximum atomic E-state index is 13.9. The van der Waals surface area contributed by atoms with Crippen LogP contribution in [-0.2, 0) is 41.8 Å². The SMILES string of the molecule is NC(=O)C(Cc1ccc2ccccc2c1)NC(=O)C1CCCCN1C(=O)C(CSCP(=O)(O)O)NS(=O)(=O)CCCc1ccccc1. The molecule has 47 heavy (non-hydrogen) atoms. The molecule has 0 spiro atoms. The van der Waals surface area contributed by atoms with Gasteiger partial charge in [0.15, 0.2) is 0 Å². The van der Waals surface area contributed by atoms with E-state index < -0.39 is 59.0 Å². The third-order valence-corrected chi connectivity index (χ3v) is 12.0. The van der Waals surface area contributed by atoms with Crippen molar-refractivity contribution in [1.82, 2.24) is 14.9 Å². The number of rotatable bonds is 16. The van der Waals surface area contributed by atoms with Gasteiger partial charge in [-0.1, -0.05) is 72.8 Å². The van der Waals surface area contributed by atoms with Gasteiger partial charge in [-0.3, -0.25) is 18.9 Å². The summed E-state index contributed by atoms with van der Waals surface area (Å²) in [5.74, 6) is -2.53. The summed E-state index contributed by atoms with van der Waals surface area (Å²) in [6.45, 7) is 0.165. The number of carbonyl (C=O) groups is 3. The number of nitrogens with zero attached hydrogens (tertiary/aromatic N) is 1. The Kier molecular flexibility index (Phi) is 13.0. The molecule has 12 nitrogen and oxygen atoms in total. The monoisotopic (exact) mass is 704 g/mol. The third kappa shape index (κ3) is 11.4. The highest BCUT2D eigenvalue weighted by Crippen LogP contribution is 2.38. The fraction of sp³-hybridized carbons (Fsp3) is 0.406. The first-order valence-electron chi connectivity index (χ1n) is 15.4. The fourth-order valence-electron chi connectivity index (χ4n) is 5.59. The summed E-state index contributed by atoms with van der Waals surface area (Å²) in [6.07, 6.45) is 2.40. The van der Waals surface area contributed by atoms with E-state index in [0.29, 0.717) is 19.3 Å². The molecule has 0 aliphatic carbocycles. The molecule has 3 amide bonds. The maximum Gasteiger partial charge on any atom is 0.335 e. The highest BCUT2D eigenvalue weighted by atomic mass is 32.2. The van der Waals surface area contributed by atoms with Gasteiger partial charge in [0.05, 0.1) is 11.2 Å². The van der Waals surface area contributed by atoms with Gasteiger partial charge in [0.25, 0.3) is 0 Å². The molecule has 1 fully saturated rings. The molecule has 0 bridgehead atoms. The standard InChI is InChI=1S/C32H41N4O8PS2/c33-30(37)27(20-24-15-16-25-12-4-5-13-26(25)19-24)34-31(38)29-14-6-7-17-36(29)32(39)28(21-46-22-45(40,41)42)35-47(43,44)18-8-11-23-9-2-1-3-10-23/h1-5,9-10,12-13,15-16,19,27-29,35H,6-8,11,14,17-18,20-22H2,(H2,33,37)(H,34,38)(H2,40,41,42). The normalized spacial score (nSPS) is 16.8. The van der Waals surface area contributed by atoms with Crippen molar-refractivity contribution in [2.45, 2.75) is 56.7 Å². The Hall–Kier alpha value is -3.26. The van der Waals surface area contributed by atoms with Crippen molar-refractivity contribution < 1.29 is 37.2 Å². The van der Waals surface area contributed by atoms with Crippen LogP contribution < -0.4 is 15.8 Å². The Morgan fingerprint density at radius 3 is 2.36 bits per heavy atom. The van der Waals surface area contributed by atoms with E-state index in [9.17, 15) is 37.2 Å². The Labute approximate surface area is 279 Å². The maximum absolute atomic E-state index is 13.9. The number of fused-ring (bicyclic) bond motifs is 1. The zero-order valence-electron chi connectivity index (χ0n) is 25.9. The molecule has 1 aliphatic rings. The predicted molar refractivity (Wildman–Crippen MR) is 183 cm³/mol. The molecule has 15 heteroatoms. The summed E-state index contributed by atoms with van der Waals surface area (Å²) in [6, 6.07) is 19.3. The highest BCUT2D eigenvalue weighted by Gasteiger charge is 2.38. The van der Waals surface area contributed by atoms with Crippen LogP contribution in [0.2, 0.25) is 0 Å². The minimum absolute atomic E-state index is 0.136. The van der Waals surface area contributed by atoms with Crippen LogP contribution in [-0.4, -0.2) is 82.5 Å². The van der Waals surface area contributed by atoms with Gasteiger partial charge in [-0.25, -0.2) is 13.1 Å². The number of nitrogens with one attached hydrogen (secondary N) is 2. The first kappa shape index (κ1) is 36.6. The number of carbonyl (C=O) groups excluding carboxylic acids is 3. The molecule has 0 aromatic heterocycles. The fourth-order valence-corrected chi connectivity index (χ4v) is 8.79. The molecule has 3 unspecified atom stereocenters. The second-order valence-corrected chi connectivity index (χ2v) is 16.6. The van der Waals surface area contributed by atoms with E-state index in [4.69, 9.17) is 5.73 Å². The molecule has 4 rings (SSSR count). The number of piperidine rings is 1. The minimum Gasteiger partial charge on any atom is -0.368 e. The summed E-state index contributed by atoms with van der Waals surface area (Å²) in [5.41, 5.74) is 6.82. The average molecular weight is 705 g/mol. The molecule has 1 heterocycles. The molecule has 0 saturated carbocycles. The van der Waals surface area contributed by atoms with E-state index in [2.05, 4.69) is 10.0 Å². The lowest BCUT2D eigenvalue weighted by Gasteiger charge is -2.37. The molecule has 1 saturated heterocycles. The topological polar surface area (TPSA) is 196 Å². The lowest BCUT2D eigenvalue weighted by molar-refractivity contribution is -0.143. The number of sulfonamides is 1.